The van der Waals surface area contributed by atoms with Gasteiger partial charge in [0, 0.05) is 38.4 Å². The van der Waals surface area contributed by atoms with Gasteiger partial charge in [0.2, 0.25) is 0 Å². The van der Waals surface area contributed by atoms with Crippen molar-refractivity contribution in [1.82, 2.24) is 9.88 Å². The predicted molar refractivity (Wildman–Crippen MR) is 135 cm³/mol. The molecule has 0 bridgehead atoms. The molecule has 10 heteroatoms. The molecule has 5 rings (SSSR count). The molecule has 1 unspecified atom stereocenters. The van der Waals surface area contributed by atoms with Crippen LogP contribution in [0.3, 0.4) is 0 Å². The van der Waals surface area contributed by atoms with Crippen molar-refractivity contribution in [2.75, 3.05) is 38.2 Å². The summed E-state index contributed by atoms with van der Waals surface area (Å²) < 4.78 is 53.1. The van der Waals surface area contributed by atoms with Crippen LogP contribution in [0.1, 0.15) is 66.6 Å². The van der Waals surface area contributed by atoms with Crippen molar-refractivity contribution >= 4 is 11.8 Å². The molecular weight excluding hydrogens is 499 g/mol. The number of carbonyl (C=O) groups is 1. The van der Waals surface area contributed by atoms with Gasteiger partial charge < -0.3 is 19.9 Å². The number of halogens is 3. The number of carboxylic acids is 1. The van der Waals surface area contributed by atoms with E-state index in [1.807, 2.05) is 0 Å². The van der Waals surface area contributed by atoms with Crippen LogP contribution in [0.2, 0.25) is 0 Å². The van der Waals surface area contributed by atoms with E-state index in [1.165, 1.54) is 11.6 Å². The Kier molecular flexibility index (Phi) is 8.20. The van der Waals surface area contributed by atoms with Crippen molar-refractivity contribution in [1.29, 1.82) is 0 Å². The molecule has 206 valence electrons. The van der Waals surface area contributed by atoms with E-state index in [1.54, 1.807) is 4.90 Å². The van der Waals surface area contributed by atoms with Gasteiger partial charge in [0.05, 0.1) is 12.2 Å². The number of nitrogens with zero attached hydrogens (tertiary/aromatic N) is 2. The summed E-state index contributed by atoms with van der Waals surface area (Å²) in [5, 5.41) is 13.4. The fraction of sp³-hybridized carbons (Fsp3) is 0.571. The molecule has 3 aliphatic heterocycles. The number of aliphatic carboxylic acids is 1. The number of likely N-dealkylation sites (tertiary alicyclic amines) is 1. The first-order chi connectivity index (χ1) is 18.3. The number of nitrogens with one attached hydrogen (secondary N) is 1. The first-order valence-electron chi connectivity index (χ1n) is 13.4. The molecule has 0 aliphatic carbocycles. The average molecular weight is 534 g/mol. The highest BCUT2D eigenvalue weighted by atomic mass is 19.3. The lowest BCUT2D eigenvalue weighted by atomic mass is 9.93. The molecule has 1 aromatic carbocycles. The molecular formula is C28H34F3N3O4. The van der Waals surface area contributed by atoms with Gasteiger partial charge in [0.25, 0.3) is 5.92 Å². The Morgan fingerprint density at radius 2 is 2.16 bits per heavy atom. The van der Waals surface area contributed by atoms with Gasteiger partial charge in [-0.1, -0.05) is 12.1 Å². The van der Waals surface area contributed by atoms with E-state index < -0.39 is 42.9 Å². The molecule has 3 aliphatic rings. The summed E-state index contributed by atoms with van der Waals surface area (Å²) in [6.45, 7) is 1.60. The Morgan fingerprint density at radius 1 is 1.29 bits per heavy atom. The normalized spacial score (nSPS) is 23.7. The molecule has 2 saturated heterocycles. The zero-order valence-corrected chi connectivity index (χ0v) is 21.3. The first-order valence-corrected chi connectivity index (χ1v) is 13.4. The minimum atomic E-state index is -2.99. The Hall–Kier alpha value is -2.69. The molecule has 4 heterocycles. The number of ether oxygens (including phenoxy) is 2. The quantitative estimate of drug-likeness (QED) is 0.420. The van der Waals surface area contributed by atoms with Crippen LogP contribution in [0.15, 0.2) is 30.3 Å². The van der Waals surface area contributed by atoms with Crippen LogP contribution in [0.5, 0.6) is 0 Å². The number of aryl methyl sites for hydroxylation is 2. The standard InChI is InChI=1S/C28H34F3N3O4/c29-19-7-9-22(24-15-28(30,31)17-38-24)23(14-19)25(27(35)36)34-12-10-21(16-34)37-13-2-1-5-20-8-6-18-4-3-11-32-26(18)33-20/h6-9,14,21,24-25H,1-5,10-13,15-17H2,(H,32,33)(H,35,36)/t21-,24?,25+/m1/s1. The number of benzene rings is 1. The van der Waals surface area contributed by atoms with Crippen molar-refractivity contribution in [2.45, 2.75) is 69.1 Å². The Balaban J connectivity index is 1.14. The third kappa shape index (κ3) is 6.30. The van der Waals surface area contributed by atoms with Crippen molar-refractivity contribution in [3.63, 3.8) is 0 Å². The average Bonchev–Trinajstić information content (AvgIpc) is 3.49. The summed E-state index contributed by atoms with van der Waals surface area (Å²) in [5.41, 5.74) is 2.79. The van der Waals surface area contributed by atoms with Crippen molar-refractivity contribution in [2.24, 2.45) is 0 Å². The van der Waals surface area contributed by atoms with Gasteiger partial charge >= 0.3 is 5.97 Å². The van der Waals surface area contributed by atoms with Crippen LogP contribution in [0.4, 0.5) is 19.0 Å². The van der Waals surface area contributed by atoms with E-state index in [-0.39, 0.29) is 11.7 Å². The van der Waals surface area contributed by atoms with Crippen LogP contribution < -0.4 is 5.32 Å². The minimum Gasteiger partial charge on any atom is -0.480 e. The Morgan fingerprint density at radius 3 is 2.95 bits per heavy atom. The van der Waals surface area contributed by atoms with E-state index in [4.69, 9.17) is 14.5 Å². The zero-order valence-electron chi connectivity index (χ0n) is 21.3. The van der Waals surface area contributed by atoms with Crippen LogP contribution in [0, 0.1) is 5.82 Å². The topological polar surface area (TPSA) is 83.9 Å². The van der Waals surface area contributed by atoms with E-state index in [0.717, 1.165) is 62.3 Å². The van der Waals surface area contributed by atoms with E-state index in [0.29, 0.717) is 31.7 Å². The van der Waals surface area contributed by atoms with Gasteiger partial charge in [-0.15, -0.1) is 0 Å². The van der Waals surface area contributed by atoms with Gasteiger partial charge in [-0.3, -0.25) is 9.69 Å². The molecule has 38 heavy (non-hydrogen) atoms. The van der Waals surface area contributed by atoms with Crippen LogP contribution in [-0.4, -0.2) is 65.8 Å². The van der Waals surface area contributed by atoms with Crippen LogP contribution in [-0.2, 0) is 27.1 Å². The lowest BCUT2D eigenvalue weighted by Gasteiger charge is -2.27. The highest BCUT2D eigenvalue weighted by Gasteiger charge is 2.44. The second-order valence-corrected chi connectivity index (χ2v) is 10.4. The summed E-state index contributed by atoms with van der Waals surface area (Å²) in [6.07, 6.45) is 3.81. The maximum absolute atomic E-state index is 14.2. The lowest BCUT2D eigenvalue weighted by molar-refractivity contribution is -0.143. The number of hydrogen-bond acceptors (Lipinski definition) is 6. The zero-order chi connectivity index (χ0) is 26.7. The number of alkyl halides is 2. The lowest BCUT2D eigenvalue weighted by Crippen LogP contribution is -2.34. The third-order valence-electron chi connectivity index (χ3n) is 7.58. The fourth-order valence-electron chi connectivity index (χ4n) is 5.66. The Labute approximate surface area is 220 Å². The molecule has 0 radical (unpaired) electrons. The van der Waals surface area contributed by atoms with E-state index in [2.05, 4.69) is 17.4 Å². The fourth-order valence-corrected chi connectivity index (χ4v) is 5.66. The van der Waals surface area contributed by atoms with Crippen molar-refractivity contribution in [3.05, 3.63) is 58.5 Å². The van der Waals surface area contributed by atoms with E-state index >= 15 is 0 Å². The summed E-state index contributed by atoms with van der Waals surface area (Å²) >= 11 is 0. The number of aromatic nitrogens is 1. The van der Waals surface area contributed by atoms with Gasteiger partial charge in [-0.2, -0.15) is 0 Å². The predicted octanol–water partition coefficient (Wildman–Crippen LogP) is 4.92. The monoisotopic (exact) mass is 533 g/mol. The van der Waals surface area contributed by atoms with Gasteiger partial charge in [0.1, 0.15) is 24.3 Å². The number of rotatable bonds is 10. The number of carboxylic acid groups (broad SMARTS) is 1. The smallest absolute Gasteiger partial charge is 0.325 e. The maximum atomic E-state index is 14.2. The molecule has 0 amide bonds. The van der Waals surface area contributed by atoms with Gasteiger partial charge in [-0.25, -0.2) is 18.2 Å². The largest absolute Gasteiger partial charge is 0.480 e. The van der Waals surface area contributed by atoms with Crippen molar-refractivity contribution in [3.8, 4) is 0 Å². The van der Waals surface area contributed by atoms with Crippen molar-refractivity contribution < 1.29 is 32.5 Å². The maximum Gasteiger partial charge on any atom is 0.325 e. The number of unbranched alkanes of at least 4 members (excludes halogenated alkanes) is 1. The third-order valence-corrected chi connectivity index (χ3v) is 7.58. The molecule has 0 spiro atoms. The highest BCUT2D eigenvalue weighted by molar-refractivity contribution is 5.76. The number of fused-ring (bicyclic) bond motifs is 1. The molecule has 1 aromatic heterocycles. The first kappa shape index (κ1) is 26.9. The molecule has 0 saturated carbocycles. The highest BCUT2D eigenvalue weighted by Crippen LogP contribution is 2.42. The van der Waals surface area contributed by atoms with Gasteiger partial charge in [0.15, 0.2) is 0 Å². The summed E-state index contributed by atoms with van der Waals surface area (Å²) in [5.74, 6) is -3.77. The number of pyridine rings is 1. The molecule has 2 N–H and O–H groups in total. The SMILES string of the molecule is O=C(O)[C@H](c1cc(F)ccc1C1CC(F)(F)CO1)N1CC[C@@H](OCCCCc2ccc3c(n2)NCCC3)C1. The number of anilines is 1. The van der Waals surface area contributed by atoms with Gasteiger partial charge in [-0.05, 0) is 73.4 Å². The Bertz CT molecular complexity index is 1150. The molecule has 2 aromatic rings. The summed E-state index contributed by atoms with van der Waals surface area (Å²) in [7, 11) is 0. The second-order valence-electron chi connectivity index (χ2n) is 10.4. The summed E-state index contributed by atoms with van der Waals surface area (Å²) in [4.78, 5) is 18.8. The summed E-state index contributed by atoms with van der Waals surface area (Å²) in [6, 6.07) is 6.73. The molecule has 2 fully saturated rings. The minimum absolute atomic E-state index is 0.146. The van der Waals surface area contributed by atoms with E-state index in [9.17, 15) is 23.1 Å². The molecule has 3 atom stereocenters. The van der Waals surface area contributed by atoms with Crippen LogP contribution in [0.25, 0.3) is 0 Å². The van der Waals surface area contributed by atoms with Crippen LogP contribution >= 0.6 is 0 Å². The molecule has 7 nitrogen and oxygen atoms in total. The second kappa shape index (κ2) is 11.6. The number of hydrogen-bond donors (Lipinski definition) is 2.